The third-order valence-corrected chi connectivity index (χ3v) is 3.77. The summed E-state index contributed by atoms with van der Waals surface area (Å²) in [6.07, 6.45) is 9.25. The van der Waals surface area contributed by atoms with Crippen LogP contribution in [0.4, 0.5) is 10.1 Å². The van der Waals surface area contributed by atoms with Crippen LogP contribution in [0.2, 0.25) is 0 Å². The maximum atomic E-state index is 14.2. The van der Waals surface area contributed by atoms with E-state index in [9.17, 15) is 9.18 Å². The van der Waals surface area contributed by atoms with E-state index in [0.717, 1.165) is 11.1 Å². The van der Waals surface area contributed by atoms with Crippen molar-refractivity contribution >= 4 is 17.9 Å². The number of carbonyl (C=O) groups is 1. The second-order valence-electron chi connectivity index (χ2n) is 5.37. The minimum absolute atomic E-state index is 0.292. The van der Waals surface area contributed by atoms with Gasteiger partial charge in [0.05, 0.1) is 5.69 Å². The molecule has 0 bridgehead atoms. The van der Waals surface area contributed by atoms with Gasteiger partial charge in [0.2, 0.25) is 12.2 Å². The number of rotatable bonds is 4. The van der Waals surface area contributed by atoms with Crippen LogP contribution >= 0.6 is 0 Å². The van der Waals surface area contributed by atoms with Crippen LogP contribution in [-0.4, -0.2) is 25.8 Å². The van der Waals surface area contributed by atoms with Gasteiger partial charge in [0, 0.05) is 53.4 Å². The quantitative estimate of drug-likeness (QED) is 0.582. The lowest BCUT2D eigenvalue weighted by atomic mass is 10.1. The van der Waals surface area contributed by atoms with Crippen LogP contribution < -0.4 is 5.32 Å². The van der Waals surface area contributed by atoms with E-state index in [1.807, 2.05) is 18.3 Å². The first-order valence-corrected chi connectivity index (χ1v) is 7.50. The Labute approximate surface area is 142 Å². The van der Waals surface area contributed by atoms with E-state index in [0.29, 0.717) is 29.1 Å². The number of benzene rings is 1. The summed E-state index contributed by atoms with van der Waals surface area (Å²) in [5.74, 6) is 0.0307. The molecule has 0 atom stereocenters. The van der Waals surface area contributed by atoms with Crippen LogP contribution in [0.1, 0.15) is 0 Å². The van der Waals surface area contributed by atoms with E-state index >= 15 is 0 Å². The fourth-order valence-corrected chi connectivity index (χ4v) is 2.58. The maximum Gasteiger partial charge on any atom is 0.234 e. The van der Waals surface area contributed by atoms with E-state index in [1.54, 1.807) is 29.2 Å². The number of imidazole rings is 1. The maximum absolute atomic E-state index is 14.2. The first-order valence-electron chi connectivity index (χ1n) is 7.50. The van der Waals surface area contributed by atoms with Crippen molar-refractivity contribution in [1.29, 1.82) is 0 Å². The summed E-state index contributed by atoms with van der Waals surface area (Å²) in [6.45, 7) is 0. The smallest absolute Gasteiger partial charge is 0.234 e. The Morgan fingerprint density at radius 3 is 2.84 bits per heavy atom. The molecule has 7 heteroatoms. The second-order valence-corrected chi connectivity index (χ2v) is 5.37. The standard InChI is InChI=1S/C18H12FN5O/c19-16-4-3-14(22-11-25)6-15(16)17-10-24-9-13(8-21-18(24)23-17)12-2-1-5-20-7-12/h1-11H,(H,22,25). The van der Waals surface area contributed by atoms with Crippen molar-refractivity contribution in [2.24, 2.45) is 0 Å². The highest BCUT2D eigenvalue weighted by molar-refractivity contribution is 5.75. The predicted molar refractivity (Wildman–Crippen MR) is 91.3 cm³/mol. The molecule has 4 aromatic rings. The first kappa shape index (κ1) is 14.9. The van der Waals surface area contributed by atoms with Gasteiger partial charge in [-0.25, -0.2) is 14.4 Å². The van der Waals surface area contributed by atoms with Crippen molar-refractivity contribution in [3.63, 3.8) is 0 Å². The van der Waals surface area contributed by atoms with Gasteiger partial charge in [-0.2, -0.15) is 0 Å². The van der Waals surface area contributed by atoms with Crippen LogP contribution in [0, 0.1) is 5.82 Å². The molecule has 122 valence electrons. The molecule has 0 saturated heterocycles. The third kappa shape index (κ3) is 2.83. The minimum Gasteiger partial charge on any atom is -0.329 e. The molecule has 0 spiro atoms. The molecule has 4 rings (SSSR count). The molecule has 0 radical (unpaired) electrons. The van der Waals surface area contributed by atoms with Crippen molar-refractivity contribution in [3.8, 4) is 22.4 Å². The van der Waals surface area contributed by atoms with Crippen molar-refractivity contribution < 1.29 is 9.18 Å². The lowest BCUT2D eigenvalue weighted by Crippen LogP contribution is -1.95. The highest BCUT2D eigenvalue weighted by Crippen LogP contribution is 2.26. The molecule has 3 aromatic heterocycles. The van der Waals surface area contributed by atoms with E-state index in [2.05, 4.69) is 20.3 Å². The van der Waals surface area contributed by atoms with E-state index < -0.39 is 5.82 Å². The summed E-state index contributed by atoms with van der Waals surface area (Å²) in [5, 5.41) is 2.50. The second kappa shape index (κ2) is 6.12. The van der Waals surface area contributed by atoms with Crippen molar-refractivity contribution in [2.45, 2.75) is 0 Å². The Morgan fingerprint density at radius 2 is 2.04 bits per heavy atom. The topological polar surface area (TPSA) is 72.2 Å². The lowest BCUT2D eigenvalue weighted by Gasteiger charge is -2.03. The van der Waals surface area contributed by atoms with Gasteiger partial charge in [0.25, 0.3) is 0 Å². The van der Waals surface area contributed by atoms with Crippen molar-refractivity contribution in [2.75, 3.05) is 5.32 Å². The van der Waals surface area contributed by atoms with Crippen molar-refractivity contribution in [1.82, 2.24) is 19.4 Å². The molecule has 3 heterocycles. The Morgan fingerprint density at radius 1 is 1.12 bits per heavy atom. The molecule has 0 saturated carbocycles. The van der Waals surface area contributed by atoms with Crippen LogP contribution in [0.25, 0.3) is 28.2 Å². The number of halogens is 1. The molecule has 0 aliphatic rings. The molecular weight excluding hydrogens is 321 g/mol. The van der Waals surface area contributed by atoms with Gasteiger partial charge in [-0.15, -0.1) is 0 Å². The summed E-state index contributed by atoms with van der Waals surface area (Å²) in [5.41, 5.74) is 3.02. The average Bonchev–Trinajstić information content (AvgIpc) is 3.07. The summed E-state index contributed by atoms with van der Waals surface area (Å²) >= 11 is 0. The Hall–Kier alpha value is -3.61. The Balaban J connectivity index is 1.79. The van der Waals surface area contributed by atoms with Gasteiger partial charge in [0.1, 0.15) is 5.82 Å². The fraction of sp³-hybridized carbons (Fsp3) is 0. The molecule has 1 amide bonds. The van der Waals surface area contributed by atoms with Gasteiger partial charge in [-0.1, -0.05) is 6.07 Å². The minimum atomic E-state index is -0.424. The molecular formula is C18H12FN5O. The zero-order valence-corrected chi connectivity index (χ0v) is 12.9. The van der Waals surface area contributed by atoms with Gasteiger partial charge >= 0.3 is 0 Å². The molecule has 25 heavy (non-hydrogen) atoms. The largest absolute Gasteiger partial charge is 0.329 e. The summed E-state index contributed by atoms with van der Waals surface area (Å²) in [4.78, 5) is 23.4. The fourth-order valence-electron chi connectivity index (χ4n) is 2.58. The zero-order valence-electron chi connectivity index (χ0n) is 12.9. The number of nitrogens with one attached hydrogen (secondary N) is 1. The SMILES string of the molecule is O=CNc1ccc(F)c(-c2cn3cc(-c4cccnc4)cnc3n2)c1. The van der Waals surface area contributed by atoms with Gasteiger partial charge in [-0.05, 0) is 24.3 Å². The van der Waals surface area contributed by atoms with Gasteiger partial charge in [-0.3, -0.25) is 14.2 Å². The number of fused-ring (bicyclic) bond motifs is 1. The number of hydrogen-bond donors (Lipinski definition) is 1. The number of hydrogen-bond acceptors (Lipinski definition) is 4. The van der Waals surface area contributed by atoms with Crippen LogP contribution in [0.5, 0.6) is 0 Å². The lowest BCUT2D eigenvalue weighted by molar-refractivity contribution is -0.105. The molecule has 6 nitrogen and oxygen atoms in total. The highest BCUT2D eigenvalue weighted by atomic mass is 19.1. The number of amides is 1. The summed E-state index contributed by atoms with van der Waals surface area (Å²) in [6, 6.07) is 8.09. The normalized spacial score (nSPS) is 10.8. The monoisotopic (exact) mass is 333 g/mol. The number of nitrogens with zero attached hydrogens (tertiary/aromatic N) is 4. The molecule has 1 aromatic carbocycles. The number of anilines is 1. The molecule has 1 N–H and O–H groups in total. The third-order valence-electron chi connectivity index (χ3n) is 3.77. The molecule has 0 aliphatic heterocycles. The summed E-state index contributed by atoms with van der Waals surface area (Å²) in [7, 11) is 0. The summed E-state index contributed by atoms with van der Waals surface area (Å²) < 4.78 is 15.9. The van der Waals surface area contributed by atoms with E-state index in [4.69, 9.17) is 0 Å². The average molecular weight is 333 g/mol. The van der Waals surface area contributed by atoms with Crippen LogP contribution in [0.3, 0.4) is 0 Å². The zero-order chi connectivity index (χ0) is 17.2. The predicted octanol–water partition coefficient (Wildman–Crippen LogP) is 3.17. The van der Waals surface area contributed by atoms with E-state index in [1.165, 1.54) is 18.2 Å². The van der Waals surface area contributed by atoms with Crippen LogP contribution in [0.15, 0.2) is 61.3 Å². The van der Waals surface area contributed by atoms with Gasteiger partial charge in [0.15, 0.2) is 0 Å². The first-order chi connectivity index (χ1) is 12.2. The Bertz CT molecular complexity index is 1060. The molecule has 0 fully saturated rings. The number of pyridine rings is 1. The van der Waals surface area contributed by atoms with Gasteiger partial charge < -0.3 is 5.32 Å². The number of carbonyl (C=O) groups excluding carboxylic acids is 1. The highest BCUT2D eigenvalue weighted by Gasteiger charge is 2.12. The molecule has 0 aliphatic carbocycles. The van der Waals surface area contributed by atoms with E-state index in [-0.39, 0.29) is 0 Å². The van der Waals surface area contributed by atoms with Crippen LogP contribution in [-0.2, 0) is 4.79 Å². The number of aromatic nitrogens is 4. The van der Waals surface area contributed by atoms with Crippen molar-refractivity contribution in [3.05, 3.63) is 67.1 Å². The molecule has 0 unspecified atom stereocenters. The Kier molecular flexibility index (Phi) is 3.66.